The van der Waals surface area contributed by atoms with E-state index in [4.69, 9.17) is 9.47 Å². The lowest BCUT2D eigenvalue weighted by Gasteiger charge is -2.17. The standard InChI is InChI=1S/C15H15F2N3O4S/c1-23-14-4-5-15(19-18-14)24-10-6-7-20(9-10)25(21,22)11-2-3-12(16)13(17)8-11/h2-5,8,10H,6-7,9H2,1H3. The van der Waals surface area contributed by atoms with Crippen LogP contribution in [-0.2, 0) is 10.0 Å². The molecule has 0 radical (unpaired) electrons. The Balaban J connectivity index is 1.69. The van der Waals surface area contributed by atoms with Crippen molar-refractivity contribution in [3.63, 3.8) is 0 Å². The Labute approximate surface area is 143 Å². The van der Waals surface area contributed by atoms with Gasteiger partial charge < -0.3 is 9.47 Å². The van der Waals surface area contributed by atoms with Crippen LogP contribution in [0.4, 0.5) is 8.78 Å². The molecule has 1 aliphatic heterocycles. The van der Waals surface area contributed by atoms with Crippen LogP contribution in [0.2, 0.25) is 0 Å². The molecule has 0 N–H and O–H groups in total. The van der Waals surface area contributed by atoms with Gasteiger partial charge >= 0.3 is 0 Å². The Morgan fingerprint density at radius 3 is 2.48 bits per heavy atom. The zero-order valence-electron chi connectivity index (χ0n) is 13.2. The lowest BCUT2D eigenvalue weighted by Crippen LogP contribution is -2.31. The number of sulfonamides is 1. The van der Waals surface area contributed by atoms with Crippen LogP contribution in [0, 0.1) is 11.6 Å². The number of hydrogen-bond acceptors (Lipinski definition) is 6. The summed E-state index contributed by atoms with van der Waals surface area (Å²) in [6, 6.07) is 5.65. The van der Waals surface area contributed by atoms with E-state index in [1.807, 2.05) is 0 Å². The summed E-state index contributed by atoms with van der Waals surface area (Å²) in [6.07, 6.45) is 0.0270. The summed E-state index contributed by atoms with van der Waals surface area (Å²) in [6.45, 7) is 0.282. The first-order chi connectivity index (χ1) is 11.9. The number of nitrogens with zero attached hydrogens (tertiary/aromatic N) is 3. The van der Waals surface area contributed by atoms with Crippen LogP contribution in [0.3, 0.4) is 0 Å². The zero-order chi connectivity index (χ0) is 18.0. The van der Waals surface area contributed by atoms with Crippen LogP contribution in [0.25, 0.3) is 0 Å². The average Bonchev–Trinajstić information content (AvgIpc) is 3.07. The largest absolute Gasteiger partial charge is 0.480 e. The fourth-order valence-electron chi connectivity index (χ4n) is 2.45. The highest BCUT2D eigenvalue weighted by Crippen LogP contribution is 2.24. The zero-order valence-corrected chi connectivity index (χ0v) is 14.0. The topological polar surface area (TPSA) is 81.6 Å². The molecule has 1 aromatic carbocycles. The fourth-order valence-corrected chi connectivity index (χ4v) is 3.95. The molecule has 2 aromatic rings. The molecule has 2 heterocycles. The van der Waals surface area contributed by atoms with Gasteiger partial charge in [0, 0.05) is 18.7 Å². The van der Waals surface area contributed by atoms with Crippen LogP contribution in [-0.4, -0.2) is 49.2 Å². The number of hydrogen-bond donors (Lipinski definition) is 0. The smallest absolute Gasteiger partial charge is 0.243 e. The molecule has 0 amide bonds. The quantitative estimate of drug-likeness (QED) is 0.794. The van der Waals surface area contributed by atoms with Crippen LogP contribution >= 0.6 is 0 Å². The molecular weight excluding hydrogens is 356 g/mol. The molecule has 10 heteroatoms. The van der Waals surface area contributed by atoms with Gasteiger partial charge in [0.05, 0.1) is 18.6 Å². The predicted molar refractivity (Wildman–Crippen MR) is 82.7 cm³/mol. The SMILES string of the molecule is COc1ccc(OC2CCN(S(=O)(=O)c3ccc(F)c(F)c3)C2)nn1. The molecule has 1 unspecified atom stereocenters. The van der Waals surface area contributed by atoms with E-state index in [1.165, 1.54) is 11.4 Å². The summed E-state index contributed by atoms with van der Waals surface area (Å²) in [5.74, 6) is -1.72. The van der Waals surface area contributed by atoms with Crippen LogP contribution in [0.1, 0.15) is 6.42 Å². The molecule has 0 spiro atoms. The molecule has 1 aromatic heterocycles. The van der Waals surface area contributed by atoms with Gasteiger partial charge in [-0.05, 0) is 24.6 Å². The normalized spacial score (nSPS) is 18.3. The maximum Gasteiger partial charge on any atom is 0.243 e. The number of aromatic nitrogens is 2. The Bertz CT molecular complexity index is 862. The molecule has 25 heavy (non-hydrogen) atoms. The first kappa shape index (κ1) is 17.5. The molecule has 1 saturated heterocycles. The van der Waals surface area contributed by atoms with Gasteiger partial charge in [0.1, 0.15) is 6.10 Å². The number of methoxy groups -OCH3 is 1. The van der Waals surface area contributed by atoms with Crippen LogP contribution in [0.15, 0.2) is 35.2 Å². The Kier molecular flexibility index (Phi) is 4.82. The van der Waals surface area contributed by atoms with Crippen molar-refractivity contribution in [2.45, 2.75) is 17.4 Å². The molecule has 1 atom stereocenters. The van der Waals surface area contributed by atoms with Crippen LogP contribution < -0.4 is 9.47 Å². The van der Waals surface area contributed by atoms with Crippen LogP contribution in [0.5, 0.6) is 11.8 Å². The second kappa shape index (κ2) is 6.89. The second-order valence-electron chi connectivity index (χ2n) is 5.38. The minimum absolute atomic E-state index is 0.0784. The van der Waals surface area contributed by atoms with E-state index in [0.29, 0.717) is 18.4 Å². The number of ether oxygens (including phenoxy) is 2. The Morgan fingerprint density at radius 1 is 1.12 bits per heavy atom. The van der Waals surface area contributed by atoms with E-state index in [1.54, 1.807) is 12.1 Å². The van der Waals surface area contributed by atoms with Crippen molar-refractivity contribution < 1.29 is 26.7 Å². The Morgan fingerprint density at radius 2 is 1.84 bits per heavy atom. The highest BCUT2D eigenvalue weighted by molar-refractivity contribution is 7.89. The second-order valence-corrected chi connectivity index (χ2v) is 7.32. The molecule has 134 valence electrons. The minimum atomic E-state index is -3.92. The molecule has 1 aliphatic rings. The van der Waals surface area contributed by atoms with Crippen molar-refractivity contribution in [3.05, 3.63) is 42.0 Å². The molecule has 1 fully saturated rings. The maximum atomic E-state index is 13.3. The lowest BCUT2D eigenvalue weighted by atomic mass is 10.3. The summed E-state index contributed by atoms with van der Waals surface area (Å²) < 4.78 is 63.0. The monoisotopic (exact) mass is 371 g/mol. The first-order valence-corrected chi connectivity index (χ1v) is 8.84. The highest BCUT2D eigenvalue weighted by Gasteiger charge is 2.34. The van der Waals surface area contributed by atoms with Gasteiger partial charge in [-0.3, -0.25) is 0 Å². The van der Waals surface area contributed by atoms with Crippen molar-refractivity contribution in [3.8, 4) is 11.8 Å². The van der Waals surface area contributed by atoms with Gasteiger partial charge in [0.15, 0.2) is 11.6 Å². The van der Waals surface area contributed by atoms with E-state index in [-0.39, 0.29) is 23.9 Å². The summed E-state index contributed by atoms with van der Waals surface area (Å²) in [5.41, 5.74) is 0. The number of benzene rings is 1. The third kappa shape index (κ3) is 3.69. The van der Waals surface area contributed by atoms with Gasteiger partial charge in [0.2, 0.25) is 21.8 Å². The summed E-state index contributed by atoms with van der Waals surface area (Å²) in [5, 5.41) is 7.59. The van der Waals surface area contributed by atoms with Gasteiger partial charge in [-0.25, -0.2) is 17.2 Å². The van der Waals surface area contributed by atoms with Crippen molar-refractivity contribution in [2.75, 3.05) is 20.2 Å². The molecular formula is C15H15F2N3O4S. The van der Waals surface area contributed by atoms with Gasteiger partial charge in [-0.2, -0.15) is 4.31 Å². The van der Waals surface area contributed by atoms with Gasteiger partial charge in [-0.15, -0.1) is 10.2 Å². The van der Waals surface area contributed by atoms with E-state index < -0.39 is 27.8 Å². The van der Waals surface area contributed by atoms with Crippen molar-refractivity contribution >= 4 is 10.0 Å². The van der Waals surface area contributed by atoms with Gasteiger partial charge in [0.25, 0.3) is 0 Å². The van der Waals surface area contributed by atoms with Crippen molar-refractivity contribution in [1.29, 1.82) is 0 Å². The third-order valence-corrected chi connectivity index (χ3v) is 5.61. The lowest BCUT2D eigenvalue weighted by molar-refractivity contribution is 0.203. The molecule has 0 saturated carbocycles. The molecule has 0 aliphatic carbocycles. The maximum absolute atomic E-state index is 13.3. The third-order valence-electron chi connectivity index (χ3n) is 3.75. The Hall–Kier alpha value is -2.33. The minimum Gasteiger partial charge on any atom is -0.480 e. The summed E-state index contributed by atoms with van der Waals surface area (Å²) >= 11 is 0. The number of halogens is 2. The van der Waals surface area contributed by atoms with Crippen molar-refractivity contribution in [1.82, 2.24) is 14.5 Å². The predicted octanol–water partition coefficient (Wildman–Crippen LogP) is 1.61. The molecule has 7 nitrogen and oxygen atoms in total. The first-order valence-electron chi connectivity index (χ1n) is 7.40. The highest BCUT2D eigenvalue weighted by atomic mass is 32.2. The van der Waals surface area contributed by atoms with E-state index >= 15 is 0 Å². The van der Waals surface area contributed by atoms with E-state index in [2.05, 4.69) is 10.2 Å². The molecule has 0 bridgehead atoms. The molecule has 3 rings (SSSR count). The van der Waals surface area contributed by atoms with E-state index in [9.17, 15) is 17.2 Å². The van der Waals surface area contributed by atoms with Gasteiger partial charge in [-0.1, -0.05) is 0 Å². The summed E-state index contributed by atoms with van der Waals surface area (Å²) in [7, 11) is -2.46. The number of rotatable bonds is 5. The average molecular weight is 371 g/mol. The fraction of sp³-hybridized carbons (Fsp3) is 0.333. The summed E-state index contributed by atoms with van der Waals surface area (Å²) in [4.78, 5) is -0.295. The van der Waals surface area contributed by atoms with E-state index in [0.717, 1.165) is 12.1 Å². The van der Waals surface area contributed by atoms with Crippen molar-refractivity contribution in [2.24, 2.45) is 0 Å².